The molecule has 1 heterocycles. The molecule has 29 heavy (non-hydrogen) atoms. The third kappa shape index (κ3) is 3.93. The zero-order chi connectivity index (χ0) is 20.8. The fourth-order valence-electron chi connectivity index (χ4n) is 4.10. The van der Waals surface area contributed by atoms with Crippen LogP contribution >= 0.6 is 11.8 Å². The van der Waals surface area contributed by atoms with Crippen LogP contribution in [0, 0.1) is 5.92 Å². The van der Waals surface area contributed by atoms with Crippen molar-refractivity contribution in [2.45, 2.75) is 49.9 Å². The van der Waals surface area contributed by atoms with E-state index in [0.717, 1.165) is 17.5 Å². The number of hydrogen-bond acceptors (Lipinski definition) is 3. The van der Waals surface area contributed by atoms with Crippen molar-refractivity contribution in [3.05, 3.63) is 71.3 Å². The number of carbonyl (C=O) groups excluding carboxylic acids is 1. The maximum Gasteiger partial charge on any atom is 0.327 e. The number of carboxylic acids is 1. The first-order chi connectivity index (χ1) is 13.8. The molecule has 0 radical (unpaired) electrons. The number of aliphatic carboxylic acids is 1. The van der Waals surface area contributed by atoms with Gasteiger partial charge in [-0.25, -0.2) is 4.79 Å². The molecule has 1 N–H and O–H groups in total. The molecule has 152 valence electrons. The Morgan fingerprint density at radius 1 is 1.00 bits per heavy atom. The van der Waals surface area contributed by atoms with Gasteiger partial charge >= 0.3 is 5.97 Å². The summed E-state index contributed by atoms with van der Waals surface area (Å²) in [7, 11) is 0. The van der Waals surface area contributed by atoms with Gasteiger partial charge in [-0.15, -0.1) is 11.8 Å². The highest BCUT2D eigenvalue weighted by molar-refractivity contribution is 7.99. The van der Waals surface area contributed by atoms with Crippen LogP contribution in [0.2, 0.25) is 0 Å². The lowest BCUT2D eigenvalue weighted by molar-refractivity contribution is -0.149. The van der Waals surface area contributed by atoms with Crippen molar-refractivity contribution < 1.29 is 14.7 Å². The quantitative estimate of drug-likeness (QED) is 0.787. The molecule has 0 bridgehead atoms. The van der Waals surface area contributed by atoms with Crippen LogP contribution in [0.25, 0.3) is 0 Å². The summed E-state index contributed by atoms with van der Waals surface area (Å²) >= 11 is 1.55. The SMILES string of the molecule is CC(C)(C)c1ccc(C2SCC(C(=O)O)N2C(=O)C2CC2c2ccccc2)cc1. The second-order valence-corrected chi connectivity index (χ2v) is 10.1. The molecule has 2 aromatic carbocycles. The Hall–Kier alpha value is -2.27. The standard InChI is InChI=1S/C24H27NO3S/c1-24(2,3)17-11-9-16(10-12-17)22-25(20(14-29-22)23(27)28)21(26)19-13-18(19)15-7-5-4-6-8-15/h4-12,18-20,22H,13-14H2,1-3H3,(H,27,28). The smallest absolute Gasteiger partial charge is 0.327 e. The molecule has 1 aliphatic carbocycles. The number of nitrogens with zero attached hydrogens (tertiary/aromatic N) is 1. The topological polar surface area (TPSA) is 57.6 Å². The van der Waals surface area contributed by atoms with Gasteiger partial charge in [0.05, 0.1) is 0 Å². The number of rotatable bonds is 4. The summed E-state index contributed by atoms with van der Waals surface area (Å²) in [6.07, 6.45) is 0.798. The minimum absolute atomic E-state index is 0.0267. The lowest BCUT2D eigenvalue weighted by Crippen LogP contribution is -2.43. The zero-order valence-corrected chi connectivity index (χ0v) is 17.9. The molecule has 2 aromatic rings. The molecule has 2 fully saturated rings. The van der Waals surface area contributed by atoms with Crippen LogP contribution in [0.1, 0.15) is 55.2 Å². The van der Waals surface area contributed by atoms with Gasteiger partial charge in [-0.05, 0) is 34.4 Å². The summed E-state index contributed by atoms with van der Waals surface area (Å²) in [5.41, 5.74) is 3.44. The van der Waals surface area contributed by atoms with Crippen molar-refractivity contribution in [3.8, 4) is 0 Å². The highest BCUT2D eigenvalue weighted by atomic mass is 32.2. The molecule has 0 aromatic heterocycles. The molecular formula is C24H27NO3S. The van der Waals surface area contributed by atoms with E-state index in [1.54, 1.807) is 16.7 Å². The average molecular weight is 410 g/mol. The molecule has 0 spiro atoms. The van der Waals surface area contributed by atoms with E-state index in [9.17, 15) is 14.7 Å². The summed E-state index contributed by atoms with van der Waals surface area (Å²) < 4.78 is 0. The minimum atomic E-state index is -0.920. The Morgan fingerprint density at radius 2 is 1.66 bits per heavy atom. The van der Waals surface area contributed by atoms with Gasteiger partial charge in [0.2, 0.25) is 5.91 Å². The lowest BCUT2D eigenvalue weighted by Gasteiger charge is -2.28. The third-order valence-electron chi connectivity index (χ3n) is 5.94. The van der Waals surface area contributed by atoms with Gasteiger partial charge in [0.15, 0.2) is 0 Å². The number of benzene rings is 2. The first-order valence-electron chi connectivity index (χ1n) is 10.1. The molecule has 1 aliphatic heterocycles. The maximum absolute atomic E-state index is 13.4. The fraction of sp³-hybridized carbons (Fsp3) is 0.417. The predicted octanol–water partition coefficient (Wildman–Crippen LogP) is 4.82. The van der Waals surface area contributed by atoms with E-state index in [-0.39, 0.29) is 28.5 Å². The Labute approximate surface area is 176 Å². The number of carboxylic acid groups (broad SMARTS) is 1. The highest BCUT2D eigenvalue weighted by Gasteiger charge is 2.51. The third-order valence-corrected chi connectivity index (χ3v) is 7.26. The zero-order valence-electron chi connectivity index (χ0n) is 17.0. The van der Waals surface area contributed by atoms with E-state index in [1.807, 2.05) is 42.5 Å². The fourth-order valence-corrected chi connectivity index (χ4v) is 5.53. The first kappa shape index (κ1) is 20.0. The molecule has 1 saturated heterocycles. The van der Waals surface area contributed by atoms with Crippen molar-refractivity contribution in [2.24, 2.45) is 5.92 Å². The number of carbonyl (C=O) groups is 2. The van der Waals surface area contributed by atoms with Crippen molar-refractivity contribution in [3.63, 3.8) is 0 Å². The van der Waals surface area contributed by atoms with E-state index < -0.39 is 12.0 Å². The number of amides is 1. The molecule has 4 nitrogen and oxygen atoms in total. The van der Waals surface area contributed by atoms with Gasteiger partial charge in [-0.3, -0.25) is 4.79 Å². The summed E-state index contributed by atoms with van der Waals surface area (Å²) in [5, 5.41) is 9.48. The Bertz CT molecular complexity index is 904. The van der Waals surface area contributed by atoms with E-state index in [1.165, 1.54) is 5.56 Å². The summed E-state index contributed by atoms with van der Waals surface area (Å²) in [5.74, 6) is -0.435. The molecule has 1 amide bonds. The van der Waals surface area contributed by atoms with Crippen LogP contribution in [-0.2, 0) is 15.0 Å². The predicted molar refractivity (Wildman–Crippen MR) is 116 cm³/mol. The monoisotopic (exact) mass is 409 g/mol. The second-order valence-electron chi connectivity index (χ2n) is 9.02. The Kier molecular flexibility index (Phi) is 5.19. The maximum atomic E-state index is 13.4. The van der Waals surface area contributed by atoms with E-state index in [0.29, 0.717) is 5.75 Å². The largest absolute Gasteiger partial charge is 0.480 e. The van der Waals surface area contributed by atoms with Crippen molar-refractivity contribution >= 4 is 23.6 Å². The van der Waals surface area contributed by atoms with E-state index in [4.69, 9.17) is 0 Å². The molecule has 4 unspecified atom stereocenters. The molecular weight excluding hydrogens is 382 g/mol. The highest BCUT2D eigenvalue weighted by Crippen LogP contribution is 2.52. The van der Waals surface area contributed by atoms with E-state index in [2.05, 4.69) is 32.9 Å². The van der Waals surface area contributed by atoms with Crippen LogP contribution in [-0.4, -0.2) is 33.7 Å². The van der Waals surface area contributed by atoms with Crippen LogP contribution < -0.4 is 0 Å². The van der Waals surface area contributed by atoms with Gasteiger partial charge in [-0.2, -0.15) is 0 Å². The van der Waals surface area contributed by atoms with Crippen LogP contribution in [0.15, 0.2) is 54.6 Å². The molecule has 4 atom stereocenters. The Morgan fingerprint density at radius 3 is 2.24 bits per heavy atom. The average Bonchev–Trinajstić information content (AvgIpc) is 3.37. The molecule has 5 heteroatoms. The van der Waals surface area contributed by atoms with Gasteiger partial charge in [0.25, 0.3) is 0 Å². The van der Waals surface area contributed by atoms with Crippen molar-refractivity contribution in [2.75, 3.05) is 5.75 Å². The number of thioether (sulfide) groups is 1. The van der Waals surface area contributed by atoms with Crippen LogP contribution in [0.4, 0.5) is 0 Å². The first-order valence-corrected chi connectivity index (χ1v) is 11.1. The van der Waals surface area contributed by atoms with Crippen molar-refractivity contribution in [1.29, 1.82) is 0 Å². The second kappa shape index (κ2) is 7.52. The normalized spacial score (nSPS) is 26.4. The molecule has 1 saturated carbocycles. The van der Waals surface area contributed by atoms with Crippen LogP contribution in [0.5, 0.6) is 0 Å². The minimum Gasteiger partial charge on any atom is -0.480 e. The summed E-state index contributed by atoms with van der Waals surface area (Å²) in [4.78, 5) is 26.9. The molecule has 2 aliphatic rings. The molecule has 4 rings (SSSR count). The van der Waals surface area contributed by atoms with Gasteiger partial charge in [0.1, 0.15) is 11.4 Å². The lowest BCUT2D eigenvalue weighted by atomic mass is 9.86. The summed E-state index contributed by atoms with van der Waals surface area (Å²) in [6, 6.07) is 17.6. The van der Waals surface area contributed by atoms with Gasteiger partial charge < -0.3 is 10.0 Å². The van der Waals surface area contributed by atoms with Crippen molar-refractivity contribution in [1.82, 2.24) is 4.90 Å². The number of hydrogen-bond donors (Lipinski definition) is 1. The van der Waals surface area contributed by atoms with Gasteiger partial charge in [0, 0.05) is 11.7 Å². The van der Waals surface area contributed by atoms with Crippen LogP contribution in [0.3, 0.4) is 0 Å². The Balaban J connectivity index is 1.58. The van der Waals surface area contributed by atoms with E-state index >= 15 is 0 Å². The van der Waals surface area contributed by atoms with Gasteiger partial charge in [-0.1, -0.05) is 75.4 Å². The summed E-state index contributed by atoms with van der Waals surface area (Å²) in [6.45, 7) is 6.50.